The molecule has 5 nitrogen and oxygen atoms in total. The summed E-state index contributed by atoms with van der Waals surface area (Å²) in [5.41, 5.74) is 6.87. The van der Waals surface area contributed by atoms with Crippen molar-refractivity contribution in [3.63, 3.8) is 0 Å². The lowest BCUT2D eigenvalue weighted by Crippen LogP contribution is -2.08. The number of nitrogens with zero attached hydrogens (tertiary/aromatic N) is 2. The van der Waals surface area contributed by atoms with Crippen molar-refractivity contribution >= 4 is 34.9 Å². The van der Waals surface area contributed by atoms with E-state index < -0.39 is 5.97 Å². The molecule has 0 bridgehead atoms. The highest BCUT2D eigenvalue weighted by molar-refractivity contribution is 6.35. The minimum atomic E-state index is -0.660. The maximum absolute atomic E-state index is 11.6. The molecule has 0 aromatic carbocycles. The normalized spacial score (nSPS) is 10.3. The molecule has 0 spiro atoms. The maximum atomic E-state index is 11.6. The van der Waals surface area contributed by atoms with Crippen LogP contribution in [0.25, 0.3) is 11.4 Å². The highest BCUT2D eigenvalue weighted by Crippen LogP contribution is 2.27. The molecule has 0 aliphatic carbocycles. The average Bonchev–Trinajstić information content (AvgIpc) is 2.41. The monoisotopic (exact) mass is 297 g/mol. The fourth-order valence-corrected chi connectivity index (χ4v) is 1.73. The summed E-state index contributed by atoms with van der Waals surface area (Å²) in [5, 5.41) is 0.559. The maximum Gasteiger partial charge on any atom is 0.358 e. The van der Waals surface area contributed by atoms with Crippen molar-refractivity contribution < 1.29 is 9.53 Å². The molecular formula is C12H9Cl2N3O2. The fraction of sp³-hybridized carbons (Fsp3) is 0.0833. The molecule has 0 radical (unpaired) electrons. The molecule has 2 aromatic heterocycles. The summed E-state index contributed by atoms with van der Waals surface area (Å²) in [6, 6.07) is 4.86. The largest absolute Gasteiger partial charge is 0.464 e. The summed E-state index contributed by atoms with van der Waals surface area (Å²) >= 11 is 11.7. The molecule has 0 aliphatic rings. The molecule has 0 fully saturated rings. The van der Waals surface area contributed by atoms with Gasteiger partial charge in [0.1, 0.15) is 0 Å². The van der Waals surface area contributed by atoms with E-state index in [1.165, 1.54) is 19.4 Å². The van der Waals surface area contributed by atoms with Gasteiger partial charge in [-0.2, -0.15) is 0 Å². The lowest BCUT2D eigenvalue weighted by atomic mass is 10.2. The number of ether oxygens (including phenoxy) is 1. The Morgan fingerprint density at radius 1 is 1.32 bits per heavy atom. The van der Waals surface area contributed by atoms with Crippen LogP contribution in [0.15, 0.2) is 24.4 Å². The molecule has 7 heteroatoms. The van der Waals surface area contributed by atoms with E-state index >= 15 is 0 Å². The van der Waals surface area contributed by atoms with E-state index in [0.717, 1.165) is 0 Å². The average molecular weight is 298 g/mol. The van der Waals surface area contributed by atoms with Crippen LogP contribution in [0.5, 0.6) is 0 Å². The van der Waals surface area contributed by atoms with Crippen molar-refractivity contribution in [2.45, 2.75) is 0 Å². The molecule has 0 saturated heterocycles. The molecule has 2 aromatic rings. The van der Waals surface area contributed by atoms with Gasteiger partial charge in [-0.1, -0.05) is 23.2 Å². The molecular weight excluding hydrogens is 289 g/mol. The summed E-state index contributed by atoms with van der Waals surface area (Å²) in [5.74, 6) is -0.660. The molecule has 0 amide bonds. The topological polar surface area (TPSA) is 78.1 Å². The Labute approximate surface area is 119 Å². The molecule has 0 unspecified atom stereocenters. The lowest BCUT2D eigenvalue weighted by molar-refractivity contribution is 0.0594. The number of nitrogens with two attached hydrogens (primary N) is 1. The number of nitrogen functional groups attached to an aromatic ring is 1. The van der Waals surface area contributed by atoms with Crippen molar-refractivity contribution in [2.24, 2.45) is 0 Å². The van der Waals surface area contributed by atoms with Gasteiger partial charge in [0, 0.05) is 6.20 Å². The van der Waals surface area contributed by atoms with Gasteiger partial charge in [0.15, 0.2) is 5.69 Å². The number of methoxy groups -OCH3 is 1. The second kappa shape index (κ2) is 5.42. The SMILES string of the molecule is COC(=O)c1nc(-c2ccc(Cl)cn2)cc(N)c1Cl. The number of anilines is 1. The van der Waals surface area contributed by atoms with Crippen molar-refractivity contribution in [2.75, 3.05) is 12.8 Å². The Morgan fingerprint density at radius 3 is 2.63 bits per heavy atom. The number of pyridine rings is 2. The van der Waals surface area contributed by atoms with Crippen LogP contribution in [0.4, 0.5) is 5.69 Å². The zero-order valence-electron chi connectivity index (χ0n) is 9.85. The first-order chi connectivity index (χ1) is 9.02. The minimum Gasteiger partial charge on any atom is -0.464 e. The third-order valence-electron chi connectivity index (χ3n) is 2.35. The summed E-state index contributed by atoms with van der Waals surface area (Å²) in [6.07, 6.45) is 1.47. The highest BCUT2D eigenvalue weighted by atomic mass is 35.5. The van der Waals surface area contributed by atoms with Gasteiger partial charge >= 0.3 is 5.97 Å². The van der Waals surface area contributed by atoms with Crippen molar-refractivity contribution in [1.82, 2.24) is 9.97 Å². The van der Waals surface area contributed by atoms with Crippen molar-refractivity contribution in [3.8, 4) is 11.4 Å². The zero-order chi connectivity index (χ0) is 14.0. The van der Waals surface area contributed by atoms with Gasteiger partial charge in [-0.15, -0.1) is 0 Å². The number of aromatic nitrogens is 2. The predicted molar refractivity (Wildman–Crippen MR) is 73.2 cm³/mol. The molecule has 0 atom stereocenters. The molecule has 98 valence electrons. The number of hydrogen-bond donors (Lipinski definition) is 1. The van der Waals surface area contributed by atoms with Gasteiger partial charge in [-0.05, 0) is 18.2 Å². The predicted octanol–water partition coefficient (Wildman–Crippen LogP) is 2.82. The second-order valence-corrected chi connectivity index (χ2v) is 4.43. The van der Waals surface area contributed by atoms with Gasteiger partial charge in [0.05, 0.1) is 34.2 Å². The quantitative estimate of drug-likeness (QED) is 0.862. The van der Waals surface area contributed by atoms with Crippen molar-refractivity contribution in [3.05, 3.63) is 40.1 Å². The van der Waals surface area contributed by atoms with Crippen LogP contribution in [-0.4, -0.2) is 23.0 Å². The Hall–Kier alpha value is -1.85. The molecule has 2 heterocycles. The first-order valence-electron chi connectivity index (χ1n) is 5.19. The first kappa shape index (κ1) is 13.6. The smallest absolute Gasteiger partial charge is 0.358 e. The standard InChI is InChI=1S/C12H9Cl2N3O2/c1-19-12(18)11-10(14)7(15)4-9(17-11)8-3-2-6(13)5-16-8/h2-5H,1H3,(H2,15,17). The Morgan fingerprint density at radius 2 is 2.05 bits per heavy atom. The van der Waals surface area contributed by atoms with Crippen LogP contribution in [0.3, 0.4) is 0 Å². The number of carbonyl (C=O) groups excluding carboxylic acids is 1. The van der Waals surface area contributed by atoms with Crippen LogP contribution in [-0.2, 0) is 4.74 Å². The number of carbonyl (C=O) groups is 1. The number of rotatable bonds is 2. The molecule has 19 heavy (non-hydrogen) atoms. The Kier molecular flexibility index (Phi) is 3.87. The van der Waals surface area contributed by atoms with Crippen LogP contribution in [0.2, 0.25) is 10.0 Å². The third kappa shape index (κ3) is 2.77. The fourth-order valence-electron chi connectivity index (χ4n) is 1.44. The highest BCUT2D eigenvalue weighted by Gasteiger charge is 2.17. The second-order valence-electron chi connectivity index (χ2n) is 3.61. The van der Waals surface area contributed by atoms with Gasteiger partial charge in [0.25, 0.3) is 0 Å². The van der Waals surface area contributed by atoms with Crippen LogP contribution < -0.4 is 5.73 Å². The Balaban J connectivity index is 2.56. The molecule has 0 aliphatic heterocycles. The van der Waals surface area contributed by atoms with Gasteiger partial charge in [-0.25, -0.2) is 9.78 Å². The number of esters is 1. The number of hydrogen-bond acceptors (Lipinski definition) is 5. The van der Waals surface area contributed by atoms with Gasteiger partial charge in [0.2, 0.25) is 0 Å². The van der Waals surface area contributed by atoms with E-state index in [1.807, 2.05) is 0 Å². The number of halogens is 2. The van der Waals surface area contributed by atoms with E-state index in [-0.39, 0.29) is 16.4 Å². The first-order valence-corrected chi connectivity index (χ1v) is 5.94. The van der Waals surface area contributed by atoms with E-state index in [9.17, 15) is 4.79 Å². The lowest BCUT2D eigenvalue weighted by Gasteiger charge is -2.07. The Bertz CT molecular complexity index is 630. The van der Waals surface area contributed by atoms with E-state index in [2.05, 4.69) is 14.7 Å². The molecule has 2 N–H and O–H groups in total. The minimum absolute atomic E-state index is 0.0454. The van der Waals surface area contributed by atoms with Crippen LogP contribution >= 0.6 is 23.2 Å². The van der Waals surface area contributed by atoms with Crippen LogP contribution in [0.1, 0.15) is 10.5 Å². The van der Waals surface area contributed by atoms with E-state index in [1.54, 1.807) is 12.1 Å². The summed E-state index contributed by atoms with van der Waals surface area (Å²) in [6.45, 7) is 0. The molecule has 0 saturated carbocycles. The van der Waals surface area contributed by atoms with Crippen molar-refractivity contribution in [1.29, 1.82) is 0 Å². The third-order valence-corrected chi connectivity index (χ3v) is 2.98. The van der Waals surface area contributed by atoms with E-state index in [4.69, 9.17) is 28.9 Å². The van der Waals surface area contributed by atoms with Gasteiger partial charge in [-0.3, -0.25) is 4.98 Å². The zero-order valence-corrected chi connectivity index (χ0v) is 11.4. The molecule has 2 rings (SSSR count). The summed E-state index contributed by atoms with van der Waals surface area (Å²) in [7, 11) is 1.24. The summed E-state index contributed by atoms with van der Waals surface area (Å²) < 4.78 is 4.60. The van der Waals surface area contributed by atoms with Crippen LogP contribution in [0, 0.1) is 0 Å². The van der Waals surface area contributed by atoms with Gasteiger partial charge < -0.3 is 10.5 Å². The summed E-state index contributed by atoms with van der Waals surface area (Å²) in [4.78, 5) is 19.8. The van der Waals surface area contributed by atoms with E-state index in [0.29, 0.717) is 16.4 Å².